The van der Waals surface area contributed by atoms with Gasteiger partial charge in [0.1, 0.15) is 24.1 Å². The van der Waals surface area contributed by atoms with Crippen molar-refractivity contribution in [1.82, 2.24) is 10.2 Å². The van der Waals surface area contributed by atoms with E-state index < -0.39 is 23.8 Å². The summed E-state index contributed by atoms with van der Waals surface area (Å²) >= 11 is 0. The zero-order valence-electron chi connectivity index (χ0n) is 34.2. The van der Waals surface area contributed by atoms with Gasteiger partial charge in [0.25, 0.3) is 0 Å². The van der Waals surface area contributed by atoms with Crippen molar-refractivity contribution >= 4 is 17.7 Å². The predicted octanol–water partition coefficient (Wildman–Crippen LogP) is 6.26. The molecule has 1 aliphatic heterocycles. The van der Waals surface area contributed by atoms with Gasteiger partial charge < -0.3 is 49.3 Å². The molecule has 0 spiro atoms. The second kappa shape index (κ2) is 22.6. The van der Waals surface area contributed by atoms with Gasteiger partial charge in [0, 0.05) is 50.6 Å². The Morgan fingerprint density at radius 3 is 2.51 bits per heavy atom. The SMILES string of the molecule is C=CCO[C@@]12Oc3ccc(OC(=O)NCC)cc3[C@H]3[C@H](CCCCO)[C@@H](CCCCO)C=C(C(=NOCC)C[C@@H]1N(CCOCCO)C(=O)CCC1CCCC1)[C@H]32. The smallest absolute Gasteiger partial charge is 0.412 e. The number of carbonyl (C=O) groups excluding carboxylic acids is 2. The third kappa shape index (κ3) is 11.0. The maximum absolute atomic E-state index is 14.7. The summed E-state index contributed by atoms with van der Waals surface area (Å²) in [4.78, 5) is 35.1. The van der Waals surface area contributed by atoms with Crippen molar-refractivity contribution in [3.8, 4) is 11.5 Å². The summed E-state index contributed by atoms with van der Waals surface area (Å²) in [5.74, 6) is -0.548. The van der Waals surface area contributed by atoms with Gasteiger partial charge in [0.05, 0.1) is 38.1 Å². The van der Waals surface area contributed by atoms with Crippen LogP contribution in [-0.2, 0) is 19.1 Å². The number of hydrogen-bond acceptors (Lipinski definition) is 11. The molecule has 13 nitrogen and oxygen atoms in total. The van der Waals surface area contributed by atoms with E-state index in [1.54, 1.807) is 12.1 Å². The molecule has 2 saturated carbocycles. The number of hydrogen-bond donors (Lipinski definition) is 4. The highest BCUT2D eigenvalue weighted by Crippen LogP contribution is 2.62. The van der Waals surface area contributed by atoms with Crippen LogP contribution in [0.3, 0.4) is 0 Å². The van der Waals surface area contributed by atoms with Crippen molar-refractivity contribution in [3.63, 3.8) is 0 Å². The minimum Gasteiger partial charge on any atom is -0.459 e. The molecular formula is C44H67N3O10. The second-order valence-corrected chi connectivity index (χ2v) is 15.7. The van der Waals surface area contributed by atoms with Crippen LogP contribution in [0.5, 0.6) is 11.5 Å². The summed E-state index contributed by atoms with van der Waals surface area (Å²) in [6.07, 6.45) is 14.1. The number of ether oxygens (including phenoxy) is 4. The van der Waals surface area contributed by atoms with Crippen molar-refractivity contribution in [3.05, 3.63) is 48.1 Å². The standard InChI is InChI=1S/C44H67N3O10/c1-4-25-54-44-39(47(21-26-53-27-24-50)40(51)20-17-31-13-7-8-14-31)30-37(46-55-6-3)35-28-32(15-9-11-22-48)34(16-10-12-23-49)41(42(35)44)36-29-33(18-19-38(36)57-44)56-43(52)45-5-2/h4,18-19,28-29,31-32,34,39,41-42,48-50H,1,5-17,20-27,30H2,2-3H3,(H,45,52)/t32-,34+,39-,41+,42+,44+/m0/s1. The van der Waals surface area contributed by atoms with E-state index in [0.717, 1.165) is 61.8 Å². The maximum atomic E-state index is 14.7. The van der Waals surface area contributed by atoms with Crippen LogP contribution in [0.2, 0.25) is 0 Å². The van der Waals surface area contributed by atoms with E-state index in [2.05, 4.69) is 18.0 Å². The van der Waals surface area contributed by atoms with Crippen molar-refractivity contribution in [1.29, 1.82) is 0 Å². The second-order valence-electron chi connectivity index (χ2n) is 15.7. The molecule has 6 atom stereocenters. The van der Waals surface area contributed by atoms with Gasteiger partial charge in [-0.15, -0.1) is 6.58 Å². The number of carbonyl (C=O) groups is 2. The largest absolute Gasteiger partial charge is 0.459 e. The lowest BCUT2D eigenvalue weighted by Crippen LogP contribution is -2.70. The fraction of sp³-hybridized carbons (Fsp3) is 0.705. The number of benzene rings is 1. The third-order valence-electron chi connectivity index (χ3n) is 12.1. The molecule has 5 rings (SSSR count). The maximum Gasteiger partial charge on any atom is 0.412 e. The molecule has 318 valence electrons. The molecule has 0 radical (unpaired) electrons. The molecule has 2 fully saturated rings. The van der Waals surface area contributed by atoms with Crippen LogP contribution < -0.4 is 14.8 Å². The predicted molar refractivity (Wildman–Crippen MR) is 217 cm³/mol. The molecule has 13 heteroatoms. The van der Waals surface area contributed by atoms with Crippen molar-refractivity contribution in [2.24, 2.45) is 28.8 Å². The monoisotopic (exact) mass is 797 g/mol. The normalized spacial score (nSPS) is 25.9. The van der Waals surface area contributed by atoms with Gasteiger partial charge in [0.2, 0.25) is 11.7 Å². The Morgan fingerprint density at radius 1 is 1.04 bits per heavy atom. The van der Waals surface area contributed by atoms with E-state index >= 15 is 0 Å². The lowest BCUT2D eigenvalue weighted by molar-refractivity contribution is -0.258. The fourth-order valence-electron chi connectivity index (χ4n) is 9.70. The molecule has 0 bridgehead atoms. The number of fused-ring (bicyclic) bond motifs is 2. The first-order chi connectivity index (χ1) is 27.8. The van der Waals surface area contributed by atoms with Crippen LogP contribution in [0, 0.1) is 23.7 Å². The van der Waals surface area contributed by atoms with E-state index in [1.807, 2.05) is 30.9 Å². The van der Waals surface area contributed by atoms with E-state index in [9.17, 15) is 24.9 Å². The summed E-state index contributed by atoms with van der Waals surface area (Å²) in [5, 5.41) is 36.7. The minimum atomic E-state index is -1.39. The summed E-state index contributed by atoms with van der Waals surface area (Å²) in [6, 6.07) is 4.80. The van der Waals surface area contributed by atoms with Crippen LogP contribution in [0.1, 0.15) is 109 Å². The van der Waals surface area contributed by atoms with Crippen molar-refractivity contribution in [2.75, 3.05) is 59.3 Å². The number of unbranched alkanes of at least 4 members (excludes halogenated alkanes) is 2. The van der Waals surface area contributed by atoms with Gasteiger partial charge in [-0.25, -0.2) is 4.79 Å². The highest BCUT2D eigenvalue weighted by Gasteiger charge is 2.65. The number of allylic oxidation sites excluding steroid dienone is 1. The molecule has 2 amide bonds. The van der Waals surface area contributed by atoms with Gasteiger partial charge >= 0.3 is 6.09 Å². The van der Waals surface area contributed by atoms with E-state index in [4.69, 9.17) is 28.9 Å². The summed E-state index contributed by atoms with van der Waals surface area (Å²) in [5.41, 5.74) is 2.53. The first-order valence-electron chi connectivity index (χ1n) is 21.5. The summed E-state index contributed by atoms with van der Waals surface area (Å²) in [6.45, 7) is 9.34. The average Bonchev–Trinajstić information content (AvgIpc) is 3.74. The lowest BCUT2D eigenvalue weighted by Gasteiger charge is -2.60. The third-order valence-corrected chi connectivity index (χ3v) is 12.1. The molecule has 4 N–H and O–H groups in total. The molecule has 4 aliphatic rings. The Hall–Kier alpha value is -3.49. The Kier molecular flexibility index (Phi) is 17.7. The molecule has 0 saturated heterocycles. The minimum absolute atomic E-state index is 0.0157. The van der Waals surface area contributed by atoms with Gasteiger partial charge in [-0.3, -0.25) is 4.79 Å². The van der Waals surface area contributed by atoms with Crippen molar-refractivity contribution in [2.45, 2.75) is 115 Å². The summed E-state index contributed by atoms with van der Waals surface area (Å²) < 4.78 is 25.9. The molecule has 57 heavy (non-hydrogen) atoms. The van der Waals surface area contributed by atoms with Crippen LogP contribution in [0.15, 0.2) is 47.7 Å². The van der Waals surface area contributed by atoms with E-state index in [0.29, 0.717) is 56.3 Å². The zero-order valence-corrected chi connectivity index (χ0v) is 34.2. The van der Waals surface area contributed by atoms with E-state index in [1.165, 1.54) is 12.8 Å². The van der Waals surface area contributed by atoms with E-state index in [-0.39, 0.29) is 69.8 Å². The Labute approximate surface area is 338 Å². The van der Waals surface area contributed by atoms with Crippen LogP contribution in [-0.4, -0.2) is 109 Å². The lowest BCUT2D eigenvalue weighted by atomic mass is 9.55. The molecule has 0 unspecified atom stereocenters. The first kappa shape index (κ1) is 44.6. The first-order valence-corrected chi connectivity index (χ1v) is 21.5. The van der Waals surface area contributed by atoms with Gasteiger partial charge in [0.15, 0.2) is 0 Å². The van der Waals surface area contributed by atoms with Gasteiger partial charge in [-0.05, 0) is 87.5 Å². The van der Waals surface area contributed by atoms with Gasteiger partial charge in [-0.2, -0.15) is 0 Å². The number of rotatable bonds is 24. The molecule has 0 aromatic heterocycles. The summed E-state index contributed by atoms with van der Waals surface area (Å²) in [7, 11) is 0. The zero-order chi connectivity index (χ0) is 40.6. The fourth-order valence-corrected chi connectivity index (χ4v) is 9.70. The molecule has 1 heterocycles. The van der Waals surface area contributed by atoms with Crippen molar-refractivity contribution < 1.29 is 48.7 Å². The highest BCUT2D eigenvalue weighted by atomic mass is 16.7. The van der Waals surface area contributed by atoms with Crippen LogP contribution in [0.4, 0.5) is 4.79 Å². The van der Waals surface area contributed by atoms with Gasteiger partial charge in [-0.1, -0.05) is 55.8 Å². The quantitative estimate of drug-likeness (QED) is 0.0533. The Balaban J connectivity index is 1.72. The number of oxime groups is 1. The van der Waals surface area contributed by atoms with Crippen LogP contribution in [0.25, 0.3) is 0 Å². The number of aliphatic hydroxyl groups is 3. The molecular weight excluding hydrogens is 730 g/mol. The molecule has 1 aromatic rings. The number of amides is 2. The number of nitrogens with zero attached hydrogens (tertiary/aromatic N) is 2. The Morgan fingerprint density at radius 2 is 1.81 bits per heavy atom. The highest BCUT2D eigenvalue weighted by molar-refractivity contribution is 6.03. The molecule has 1 aromatic carbocycles. The number of nitrogens with one attached hydrogen (secondary N) is 1. The average molecular weight is 798 g/mol. The topological polar surface area (TPSA) is 169 Å². The molecule has 3 aliphatic carbocycles. The number of aliphatic hydroxyl groups excluding tert-OH is 3. The van der Waals surface area contributed by atoms with Crippen LogP contribution >= 0.6 is 0 Å². The Bertz CT molecular complexity index is 1510.